The van der Waals surface area contributed by atoms with Gasteiger partial charge >= 0.3 is 5.97 Å². The molecular formula is C14H9BrFNO4. The summed E-state index contributed by atoms with van der Waals surface area (Å²) in [7, 11) is 0. The fourth-order valence-corrected chi connectivity index (χ4v) is 2.11. The van der Waals surface area contributed by atoms with Gasteiger partial charge in [0.05, 0.1) is 10.0 Å². The average molecular weight is 354 g/mol. The van der Waals surface area contributed by atoms with Crippen molar-refractivity contribution in [2.24, 2.45) is 0 Å². The van der Waals surface area contributed by atoms with Crippen molar-refractivity contribution in [3.8, 4) is 5.75 Å². The van der Waals surface area contributed by atoms with Crippen LogP contribution < -0.4 is 5.32 Å². The molecule has 0 atom stereocenters. The number of phenols is 1. The SMILES string of the molecule is O=C(O)c1ccc(NC(=O)c2cccc(F)c2Br)cc1O. The molecule has 0 aliphatic carbocycles. The summed E-state index contributed by atoms with van der Waals surface area (Å²) in [5.41, 5.74) is -0.00426. The molecule has 2 aromatic carbocycles. The number of rotatable bonds is 3. The number of carboxylic acids is 1. The number of carbonyl (C=O) groups excluding carboxylic acids is 1. The van der Waals surface area contributed by atoms with E-state index in [1.807, 2.05) is 0 Å². The maximum Gasteiger partial charge on any atom is 0.339 e. The van der Waals surface area contributed by atoms with Crippen LogP contribution in [0.5, 0.6) is 5.75 Å². The number of carboxylic acid groups (broad SMARTS) is 1. The van der Waals surface area contributed by atoms with Gasteiger partial charge in [0.15, 0.2) is 0 Å². The van der Waals surface area contributed by atoms with Crippen molar-refractivity contribution in [1.82, 2.24) is 0 Å². The Morgan fingerprint density at radius 2 is 1.86 bits per heavy atom. The topological polar surface area (TPSA) is 86.6 Å². The molecule has 0 heterocycles. The quantitative estimate of drug-likeness (QED) is 0.790. The second-order valence-corrected chi connectivity index (χ2v) is 4.89. The van der Waals surface area contributed by atoms with Gasteiger partial charge in [-0.15, -0.1) is 0 Å². The van der Waals surface area contributed by atoms with Crippen molar-refractivity contribution in [1.29, 1.82) is 0 Å². The first-order chi connectivity index (χ1) is 9.90. The van der Waals surface area contributed by atoms with E-state index in [-0.39, 0.29) is 21.3 Å². The lowest BCUT2D eigenvalue weighted by atomic mass is 10.1. The highest BCUT2D eigenvalue weighted by atomic mass is 79.9. The molecule has 108 valence electrons. The van der Waals surface area contributed by atoms with E-state index < -0.39 is 23.4 Å². The summed E-state index contributed by atoms with van der Waals surface area (Å²) in [6, 6.07) is 7.61. The number of aromatic hydroxyl groups is 1. The largest absolute Gasteiger partial charge is 0.507 e. The lowest BCUT2D eigenvalue weighted by molar-refractivity contribution is 0.0693. The Hall–Kier alpha value is -2.41. The molecule has 0 radical (unpaired) electrons. The Kier molecular flexibility index (Phi) is 4.23. The first-order valence-electron chi connectivity index (χ1n) is 5.72. The van der Waals surface area contributed by atoms with Crippen LogP contribution in [-0.4, -0.2) is 22.1 Å². The van der Waals surface area contributed by atoms with Crippen molar-refractivity contribution < 1.29 is 24.2 Å². The molecule has 0 bridgehead atoms. The van der Waals surface area contributed by atoms with E-state index in [9.17, 15) is 19.1 Å². The first kappa shape index (κ1) is 15.0. The number of aromatic carboxylic acids is 1. The highest BCUT2D eigenvalue weighted by Gasteiger charge is 2.15. The molecule has 0 saturated heterocycles. The van der Waals surface area contributed by atoms with Crippen LogP contribution in [0.15, 0.2) is 40.9 Å². The van der Waals surface area contributed by atoms with Gasteiger partial charge in [-0.1, -0.05) is 6.07 Å². The number of hydrogen-bond acceptors (Lipinski definition) is 3. The Balaban J connectivity index is 2.26. The molecular weight excluding hydrogens is 345 g/mol. The average Bonchev–Trinajstić information content (AvgIpc) is 2.41. The summed E-state index contributed by atoms with van der Waals surface area (Å²) in [6.45, 7) is 0. The van der Waals surface area contributed by atoms with Gasteiger partial charge in [-0.2, -0.15) is 0 Å². The standard InChI is InChI=1S/C14H9BrFNO4/c15-12-9(2-1-3-10(12)16)13(19)17-7-4-5-8(14(20)21)11(18)6-7/h1-6,18H,(H,17,19)(H,20,21). The van der Waals surface area contributed by atoms with Crippen LogP contribution in [0.4, 0.5) is 10.1 Å². The molecule has 2 rings (SSSR count). The van der Waals surface area contributed by atoms with Crippen LogP contribution in [0.25, 0.3) is 0 Å². The lowest BCUT2D eigenvalue weighted by Gasteiger charge is -2.08. The Labute approximate surface area is 127 Å². The zero-order chi connectivity index (χ0) is 15.6. The van der Waals surface area contributed by atoms with E-state index in [1.165, 1.54) is 24.3 Å². The molecule has 5 nitrogen and oxygen atoms in total. The van der Waals surface area contributed by atoms with Crippen LogP contribution in [0.2, 0.25) is 0 Å². The molecule has 0 unspecified atom stereocenters. The summed E-state index contributed by atoms with van der Waals surface area (Å²) >= 11 is 2.98. The molecule has 21 heavy (non-hydrogen) atoms. The second-order valence-electron chi connectivity index (χ2n) is 4.09. The summed E-state index contributed by atoms with van der Waals surface area (Å²) in [6.07, 6.45) is 0. The smallest absolute Gasteiger partial charge is 0.339 e. The summed E-state index contributed by atoms with van der Waals surface area (Å²) in [5, 5.41) is 20.8. The minimum absolute atomic E-state index is 0.0221. The normalized spacial score (nSPS) is 10.2. The summed E-state index contributed by atoms with van der Waals surface area (Å²) in [5.74, 6) is -2.92. The van der Waals surface area contributed by atoms with Gasteiger partial charge in [0, 0.05) is 11.8 Å². The zero-order valence-electron chi connectivity index (χ0n) is 10.4. The van der Waals surface area contributed by atoms with Gasteiger partial charge < -0.3 is 15.5 Å². The molecule has 0 aliphatic heterocycles. The Morgan fingerprint density at radius 1 is 1.14 bits per heavy atom. The van der Waals surface area contributed by atoms with E-state index in [0.717, 1.165) is 12.1 Å². The summed E-state index contributed by atoms with van der Waals surface area (Å²) in [4.78, 5) is 22.8. The monoisotopic (exact) mass is 353 g/mol. The number of benzene rings is 2. The fraction of sp³-hybridized carbons (Fsp3) is 0. The highest BCUT2D eigenvalue weighted by molar-refractivity contribution is 9.10. The summed E-state index contributed by atoms with van der Waals surface area (Å²) < 4.78 is 13.4. The molecule has 0 aliphatic rings. The maximum atomic E-state index is 13.4. The Morgan fingerprint density at radius 3 is 2.48 bits per heavy atom. The predicted molar refractivity (Wildman–Crippen MR) is 77.1 cm³/mol. The first-order valence-corrected chi connectivity index (χ1v) is 6.51. The van der Waals surface area contributed by atoms with E-state index in [4.69, 9.17) is 5.11 Å². The van der Waals surface area contributed by atoms with Crippen LogP contribution in [0.3, 0.4) is 0 Å². The number of carbonyl (C=O) groups is 2. The highest BCUT2D eigenvalue weighted by Crippen LogP contribution is 2.24. The van der Waals surface area contributed by atoms with Crippen molar-refractivity contribution in [3.05, 3.63) is 57.8 Å². The van der Waals surface area contributed by atoms with Crippen LogP contribution in [-0.2, 0) is 0 Å². The maximum absolute atomic E-state index is 13.4. The fourth-order valence-electron chi connectivity index (χ4n) is 1.67. The molecule has 1 amide bonds. The van der Waals surface area contributed by atoms with Crippen molar-refractivity contribution >= 4 is 33.5 Å². The third kappa shape index (κ3) is 3.19. The molecule has 0 saturated carbocycles. The van der Waals surface area contributed by atoms with E-state index in [0.29, 0.717) is 0 Å². The lowest BCUT2D eigenvalue weighted by Crippen LogP contribution is -2.13. The van der Waals surface area contributed by atoms with Crippen LogP contribution >= 0.6 is 15.9 Å². The number of anilines is 1. The van der Waals surface area contributed by atoms with E-state index in [2.05, 4.69) is 21.2 Å². The molecule has 0 fully saturated rings. The van der Waals surface area contributed by atoms with E-state index >= 15 is 0 Å². The van der Waals surface area contributed by atoms with Gasteiger partial charge in [0.2, 0.25) is 0 Å². The van der Waals surface area contributed by atoms with Gasteiger partial charge in [-0.05, 0) is 40.2 Å². The minimum atomic E-state index is -1.28. The second kappa shape index (κ2) is 5.92. The third-order valence-electron chi connectivity index (χ3n) is 2.68. The molecule has 3 N–H and O–H groups in total. The predicted octanol–water partition coefficient (Wildman–Crippen LogP) is 3.24. The number of halogens is 2. The van der Waals surface area contributed by atoms with Gasteiger partial charge in [0.25, 0.3) is 5.91 Å². The number of amides is 1. The van der Waals surface area contributed by atoms with Crippen LogP contribution in [0, 0.1) is 5.82 Å². The molecule has 0 spiro atoms. The van der Waals surface area contributed by atoms with E-state index in [1.54, 1.807) is 0 Å². The number of nitrogens with one attached hydrogen (secondary N) is 1. The third-order valence-corrected chi connectivity index (χ3v) is 3.49. The van der Waals surface area contributed by atoms with Crippen molar-refractivity contribution in [2.75, 3.05) is 5.32 Å². The minimum Gasteiger partial charge on any atom is -0.507 e. The molecule has 2 aromatic rings. The molecule has 7 heteroatoms. The Bertz CT molecular complexity index is 733. The van der Waals surface area contributed by atoms with Crippen LogP contribution in [0.1, 0.15) is 20.7 Å². The van der Waals surface area contributed by atoms with Crippen molar-refractivity contribution in [3.63, 3.8) is 0 Å². The van der Waals surface area contributed by atoms with Gasteiger partial charge in [-0.25, -0.2) is 9.18 Å². The molecule has 0 aromatic heterocycles. The van der Waals surface area contributed by atoms with Gasteiger partial charge in [0.1, 0.15) is 17.1 Å². The number of hydrogen-bond donors (Lipinski definition) is 3. The zero-order valence-corrected chi connectivity index (χ0v) is 12.0. The van der Waals surface area contributed by atoms with Crippen molar-refractivity contribution in [2.45, 2.75) is 0 Å². The van der Waals surface area contributed by atoms with Gasteiger partial charge in [-0.3, -0.25) is 4.79 Å².